The van der Waals surface area contributed by atoms with Gasteiger partial charge in [0.05, 0.1) is 11.7 Å². The maximum atomic E-state index is 4.25. The summed E-state index contributed by atoms with van der Waals surface area (Å²) in [6.45, 7) is 4.06. The Labute approximate surface area is 69.7 Å². The molecule has 0 aliphatic carbocycles. The molecule has 1 aliphatic heterocycles. The quantitative estimate of drug-likeness (QED) is 0.556. The zero-order valence-electron chi connectivity index (χ0n) is 7.07. The number of rotatable bonds is 0. The number of fused-ring (bicyclic) bond motifs is 1. The fraction of sp³-hybridized carbons (Fsp3) is 0.375. The zero-order valence-corrected chi connectivity index (χ0v) is 7.07. The Hall–Kier alpha value is -1.45. The highest BCUT2D eigenvalue weighted by molar-refractivity contribution is 5.59. The first-order valence-electron chi connectivity index (χ1n) is 3.81. The van der Waals surface area contributed by atoms with Gasteiger partial charge in [-0.1, -0.05) is 0 Å². The van der Waals surface area contributed by atoms with Gasteiger partial charge < -0.3 is 0 Å². The zero-order chi connectivity index (χ0) is 8.60. The van der Waals surface area contributed by atoms with Gasteiger partial charge in [0.25, 0.3) is 0 Å². The molecule has 0 saturated heterocycles. The van der Waals surface area contributed by atoms with E-state index < -0.39 is 0 Å². The lowest BCUT2D eigenvalue weighted by atomic mass is 10.1. The van der Waals surface area contributed by atoms with Crippen molar-refractivity contribution in [2.45, 2.75) is 19.4 Å². The smallest absolute Gasteiger partial charge is 0.156 e. The molecule has 0 atom stereocenters. The van der Waals surface area contributed by atoms with Gasteiger partial charge in [-0.15, -0.1) is 0 Å². The SMILES string of the molecule is CC1(C)C=c2cn[nH]c2=NC=N1. The van der Waals surface area contributed by atoms with Crippen LogP contribution in [-0.2, 0) is 0 Å². The third-order valence-electron chi connectivity index (χ3n) is 1.73. The molecule has 0 bridgehead atoms. The van der Waals surface area contributed by atoms with E-state index in [1.54, 1.807) is 12.5 Å². The molecule has 1 aromatic heterocycles. The Balaban J connectivity index is 2.75. The van der Waals surface area contributed by atoms with Crippen molar-refractivity contribution in [1.29, 1.82) is 0 Å². The van der Waals surface area contributed by atoms with Crippen LogP contribution in [0.3, 0.4) is 0 Å². The van der Waals surface area contributed by atoms with Crippen LogP contribution in [0.2, 0.25) is 0 Å². The summed E-state index contributed by atoms with van der Waals surface area (Å²) >= 11 is 0. The fourth-order valence-corrected chi connectivity index (χ4v) is 1.15. The molecule has 2 rings (SSSR count). The largest absolute Gasteiger partial charge is 0.263 e. The lowest BCUT2D eigenvalue weighted by molar-refractivity contribution is 0.700. The van der Waals surface area contributed by atoms with E-state index in [9.17, 15) is 0 Å². The first kappa shape index (κ1) is 7.21. The van der Waals surface area contributed by atoms with Crippen LogP contribution in [0.1, 0.15) is 13.8 Å². The van der Waals surface area contributed by atoms with Crippen LogP contribution in [-0.4, -0.2) is 22.1 Å². The molecule has 4 nitrogen and oxygen atoms in total. The molecule has 1 N–H and O–H groups in total. The second-order valence-electron chi connectivity index (χ2n) is 3.35. The van der Waals surface area contributed by atoms with Crippen molar-refractivity contribution in [3.8, 4) is 0 Å². The van der Waals surface area contributed by atoms with Gasteiger partial charge in [-0.25, -0.2) is 4.99 Å². The van der Waals surface area contributed by atoms with Crippen LogP contribution in [0.25, 0.3) is 6.08 Å². The second kappa shape index (κ2) is 2.27. The van der Waals surface area contributed by atoms with Crippen LogP contribution in [0.15, 0.2) is 16.2 Å². The molecule has 12 heavy (non-hydrogen) atoms. The Morgan fingerprint density at radius 2 is 2.25 bits per heavy atom. The molecular weight excluding hydrogens is 152 g/mol. The Morgan fingerprint density at radius 3 is 3.08 bits per heavy atom. The van der Waals surface area contributed by atoms with E-state index >= 15 is 0 Å². The summed E-state index contributed by atoms with van der Waals surface area (Å²) in [4.78, 5) is 8.35. The molecule has 62 valence electrons. The molecule has 1 aromatic rings. The Kier molecular flexibility index (Phi) is 1.36. The minimum atomic E-state index is -0.182. The van der Waals surface area contributed by atoms with E-state index in [0.717, 1.165) is 10.7 Å². The van der Waals surface area contributed by atoms with Crippen molar-refractivity contribution in [2.24, 2.45) is 9.98 Å². The average Bonchev–Trinajstić information content (AvgIpc) is 2.31. The van der Waals surface area contributed by atoms with Crippen LogP contribution in [0.5, 0.6) is 0 Å². The highest BCUT2D eigenvalue weighted by atomic mass is 15.1. The van der Waals surface area contributed by atoms with E-state index in [1.807, 2.05) is 19.9 Å². The fourth-order valence-electron chi connectivity index (χ4n) is 1.15. The maximum Gasteiger partial charge on any atom is 0.156 e. The van der Waals surface area contributed by atoms with Crippen LogP contribution in [0, 0.1) is 0 Å². The minimum absolute atomic E-state index is 0.182. The van der Waals surface area contributed by atoms with Crippen molar-refractivity contribution in [2.75, 3.05) is 0 Å². The summed E-state index contributed by atoms with van der Waals surface area (Å²) in [5.74, 6) is 0. The average molecular weight is 162 g/mol. The topological polar surface area (TPSA) is 53.4 Å². The van der Waals surface area contributed by atoms with Gasteiger partial charge in [0.2, 0.25) is 0 Å². The molecule has 0 saturated carbocycles. The molecule has 1 aliphatic rings. The van der Waals surface area contributed by atoms with Crippen molar-refractivity contribution in [3.63, 3.8) is 0 Å². The van der Waals surface area contributed by atoms with Crippen LogP contribution in [0.4, 0.5) is 0 Å². The van der Waals surface area contributed by atoms with E-state index in [0.29, 0.717) is 0 Å². The lowest BCUT2D eigenvalue weighted by Crippen LogP contribution is -2.25. The van der Waals surface area contributed by atoms with Gasteiger partial charge in [0.15, 0.2) is 5.49 Å². The number of H-pyrrole nitrogens is 1. The molecular formula is C8H10N4. The third kappa shape index (κ3) is 1.15. The Morgan fingerprint density at radius 1 is 1.42 bits per heavy atom. The van der Waals surface area contributed by atoms with Crippen molar-refractivity contribution >= 4 is 12.4 Å². The van der Waals surface area contributed by atoms with Crippen LogP contribution >= 0.6 is 0 Å². The van der Waals surface area contributed by atoms with E-state index in [4.69, 9.17) is 0 Å². The van der Waals surface area contributed by atoms with Crippen molar-refractivity contribution in [3.05, 3.63) is 16.9 Å². The highest BCUT2D eigenvalue weighted by Crippen LogP contribution is 2.09. The summed E-state index contributed by atoms with van der Waals surface area (Å²) < 4.78 is 0. The first-order chi connectivity index (χ1) is 5.67. The van der Waals surface area contributed by atoms with Crippen molar-refractivity contribution < 1.29 is 0 Å². The summed E-state index contributed by atoms with van der Waals surface area (Å²) in [7, 11) is 0. The number of aromatic amines is 1. The van der Waals surface area contributed by atoms with Crippen LogP contribution < -0.4 is 10.7 Å². The van der Waals surface area contributed by atoms with Gasteiger partial charge in [-0.3, -0.25) is 10.1 Å². The molecule has 0 unspecified atom stereocenters. The highest BCUT2D eigenvalue weighted by Gasteiger charge is 2.12. The number of aliphatic imine (C=N–C) groups is 1. The molecule has 0 fully saturated rings. The molecule has 2 heterocycles. The molecule has 0 spiro atoms. The predicted octanol–water partition coefficient (Wildman–Crippen LogP) is -0.370. The number of nitrogens with zero attached hydrogens (tertiary/aromatic N) is 3. The number of hydrogen-bond donors (Lipinski definition) is 1. The predicted molar refractivity (Wildman–Crippen MR) is 46.4 cm³/mol. The Bertz CT molecular complexity index is 424. The van der Waals surface area contributed by atoms with E-state index in [2.05, 4.69) is 20.2 Å². The second-order valence-corrected chi connectivity index (χ2v) is 3.35. The molecule has 0 radical (unpaired) electrons. The molecule has 0 amide bonds. The summed E-state index contributed by atoms with van der Waals surface area (Å²) in [6, 6.07) is 0. The molecule has 0 aromatic carbocycles. The van der Waals surface area contributed by atoms with Crippen molar-refractivity contribution in [1.82, 2.24) is 10.2 Å². The van der Waals surface area contributed by atoms with E-state index in [1.165, 1.54) is 0 Å². The van der Waals surface area contributed by atoms with Gasteiger partial charge >= 0.3 is 0 Å². The lowest BCUT2D eigenvalue weighted by Gasteiger charge is -2.10. The molecule has 4 heteroatoms. The maximum absolute atomic E-state index is 4.25. The van der Waals surface area contributed by atoms with Gasteiger partial charge in [0, 0.05) is 5.22 Å². The summed E-state index contributed by atoms with van der Waals surface area (Å²) in [5.41, 5.74) is 0.600. The minimum Gasteiger partial charge on any atom is -0.263 e. The third-order valence-corrected chi connectivity index (χ3v) is 1.73. The monoisotopic (exact) mass is 162 g/mol. The summed E-state index contributed by atoms with van der Waals surface area (Å²) in [6.07, 6.45) is 5.37. The van der Waals surface area contributed by atoms with Gasteiger partial charge in [-0.2, -0.15) is 5.10 Å². The number of hydrogen-bond acceptors (Lipinski definition) is 3. The van der Waals surface area contributed by atoms with E-state index in [-0.39, 0.29) is 5.54 Å². The first-order valence-corrected chi connectivity index (χ1v) is 3.81. The number of nitrogens with one attached hydrogen (secondary N) is 1. The van der Waals surface area contributed by atoms with Gasteiger partial charge in [0.1, 0.15) is 6.34 Å². The normalized spacial score (nSPS) is 18.8. The van der Waals surface area contributed by atoms with Gasteiger partial charge in [-0.05, 0) is 19.9 Å². The number of aromatic nitrogens is 2. The summed E-state index contributed by atoms with van der Waals surface area (Å²) in [5, 5.41) is 7.71. The standard InChI is InChI=1S/C8H10N4/c1-8(2)3-6-4-11-12-7(6)9-5-10-8/h3-5H,1-2H3,(H,9,10,12).